The Morgan fingerprint density at radius 3 is 2.56 bits per heavy atom. The van der Waals surface area contributed by atoms with Gasteiger partial charge in [-0.2, -0.15) is 0 Å². The van der Waals surface area contributed by atoms with Crippen molar-refractivity contribution in [3.63, 3.8) is 0 Å². The van der Waals surface area contributed by atoms with Crippen LogP contribution in [-0.4, -0.2) is 7.11 Å². The highest BCUT2D eigenvalue weighted by atomic mass is 16.5. The van der Waals surface area contributed by atoms with Crippen LogP contribution in [0.1, 0.15) is 45.1 Å². The number of rotatable bonds is 3. The Kier molecular flexibility index (Phi) is 4.46. The van der Waals surface area contributed by atoms with Gasteiger partial charge in [0.1, 0.15) is 5.75 Å². The summed E-state index contributed by atoms with van der Waals surface area (Å²) >= 11 is 0. The van der Waals surface area contributed by atoms with Gasteiger partial charge in [0.25, 0.3) is 0 Å². The normalized spacial score (nSPS) is 20.0. The van der Waals surface area contributed by atoms with Crippen molar-refractivity contribution in [1.29, 1.82) is 0 Å². The molecule has 1 heteroatoms. The first-order chi connectivity index (χ1) is 8.69. The molecule has 1 fully saturated rings. The molecule has 0 saturated heterocycles. The first-order valence-corrected chi connectivity index (χ1v) is 7.02. The summed E-state index contributed by atoms with van der Waals surface area (Å²) in [6, 6.07) is 8.33. The average molecular weight is 244 g/mol. The Bertz CT molecular complexity index is 407. The van der Waals surface area contributed by atoms with Gasteiger partial charge in [-0.1, -0.05) is 37.6 Å². The minimum absolute atomic E-state index is 0.836. The van der Waals surface area contributed by atoms with Gasteiger partial charge in [0.15, 0.2) is 0 Å². The number of allylic oxidation sites excluding steroid dienone is 1. The maximum atomic E-state index is 5.26. The maximum absolute atomic E-state index is 5.26. The monoisotopic (exact) mass is 244 g/mol. The van der Waals surface area contributed by atoms with Gasteiger partial charge in [-0.3, -0.25) is 0 Å². The van der Waals surface area contributed by atoms with E-state index in [-0.39, 0.29) is 0 Å². The van der Waals surface area contributed by atoms with E-state index in [4.69, 9.17) is 4.74 Å². The molecule has 1 nitrogen and oxygen atoms in total. The van der Waals surface area contributed by atoms with Crippen LogP contribution in [0.25, 0.3) is 6.08 Å². The zero-order valence-corrected chi connectivity index (χ0v) is 11.8. The van der Waals surface area contributed by atoms with Gasteiger partial charge in [-0.15, -0.1) is 0 Å². The van der Waals surface area contributed by atoms with Gasteiger partial charge >= 0.3 is 0 Å². The van der Waals surface area contributed by atoms with Crippen LogP contribution >= 0.6 is 0 Å². The molecule has 0 heterocycles. The van der Waals surface area contributed by atoms with Crippen molar-refractivity contribution in [1.82, 2.24) is 0 Å². The molecule has 0 radical (unpaired) electrons. The summed E-state index contributed by atoms with van der Waals surface area (Å²) in [6.07, 6.45) is 7.58. The van der Waals surface area contributed by atoms with Crippen molar-refractivity contribution < 1.29 is 4.74 Å². The van der Waals surface area contributed by atoms with Crippen molar-refractivity contribution in [2.75, 3.05) is 7.11 Å². The molecule has 1 aliphatic carbocycles. The van der Waals surface area contributed by atoms with Crippen LogP contribution in [0.15, 0.2) is 29.8 Å². The molecule has 1 saturated carbocycles. The molecular weight excluding hydrogens is 220 g/mol. The Morgan fingerprint density at radius 2 is 1.94 bits per heavy atom. The van der Waals surface area contributed by atoms with E-state index >= 15 is 0 Å². The first kappa shape index (κ1) is 13.2. The second-order valence-corrected chi connectivity index (χ2v) is 5.66. The fourth-order valence-corrected chi connectivity index (χ4v) is 2.79. The van der Waals surface area contributed by atoms with E-state index in [1.165, 1.54) is 31.2 Å². The van der Waals surface area contributed by atoms with E-state index in [0.717, 1.165) is 17.6 Å². The number of benzene rings is 1. The topological polar surface area (TPSA) is 9.23 Å². The smallest absolute Gasteiger partial charge is 0.119 e. The van der Waals surface area contributed by atoms with Crippen LogP contribution in [0.3, 0.4) is 0 Å². The Balaban J connectivity index is 2.02. The predicted octanol–water partition coefficient (Wildman–Crippen LogP) is 4.92. The molecule has 1 aliphatic rings. The zero-order valence-electron chi connectivity index (χ0n) is 11.8. The fraction of sp³-hybridized carbons (Fsp3) is 0.529. The summed E-state index contributed by atoms with van der Waals surface area (Å²) in [4.78, 5) is 0. The van der Waals surface area contributed by atoms with Crippen molar-refractivity contribution in [3.8, 4) is 5.75 Å². The summed E-state index contributed by atoms with van der Waals surface area (Å²) in [5, 5.41) is 0. The lowest BCUT2D eigenvalue weighted by atomic mass is 9.79. The van der Waals surface area contributed by atoms with Gasteiger partial charge in [-0.05, 0) is 55.2 Å². The molecule has 18 heavy (non-hydrogen) atoms. The second kappa shape index (κ2) is 6.08. The minimum Gasteiger partial charge on any atom is -0.497 e. The van der Waals surface area contributed by atoms with Crippen LogP contribution in [0.5, 0.6) is 5.75 Å². The largest absolute Gasteiger partial charge is 0.497 e. The van der Waals surface area contributed by atoms with Gasteiger partial charge < -0.3 is 4.74 Å². The third-order valence-corrected chi connectivity index (χ3v) is 4.08. The molecular formula is C17H24O. The van der Waals surface area contributed by atoms with Gasteiger partial charge in [0.05, 0.1) is 7.11 Å². The molecule has 98 valence electrons. The fourth-order valence-electron chi connectivity index (χ4n) is 2.79. The number of hydrogen-bond acceptors (Lipinski definition) is 1. The Hall–Kier alpha value is -1.24. The average Bonchev–Trinajstić information content (AvgIpc) is 2.39. The summed E-state index contributed by atoms with van der Waals surface area (Å²) < 4.78 is 5.26. The van der Waals surface area contributed by atoms with E-state index < -0.39 is 0 Å². The first-order valence-electron chi connectivity index (χ1n) is 7.02. The number of ether oxygens (including phenoxy) is 1. The van der Waals surface area contributed by atoms with E-state index in [1.54, 1.807) is 12.7 Å². The highest BCUT2D eigenvalue weighted by Crippen LogP contribution is 2.33. The van der Waals surface area contributed by atoms with Gasteiger partial charge in [-0.25, -0.2) is 0 Å². The number of methoxy groups -OCH3 is 1. The molecule has 0 unspecified atom stereocenters. The third-order valence-electron chi connectivity index (χ3n) is 4.08. The molecule has 0 aromatic heterocycles. The van der Waals surface area contributed by atoms with Gasteiger partial charge in [0.2, 0.25) is 0 Å². The van der Waals surface area contributed by atoms with Crippen LogP contribution in [0.2, 0.25) is 0 Å². The Labute approximate surface area is 111 Å². The van der Waals surface area contributed by atoms with E-state index in [9.17, 15) is 0 Å². The SMILES string of the molecule is COc1cccc(C=C2CCC(C(C)C)CC2)c1. The molecule has 2 rings (SSSR count). The number of hydrogen-bond donors (Lipinski definition) is 0. The van der Waals surface area contributed by atoms with E-state index in [2.05, 4.69) is 38.1 Å². The molecule has 1 aromatic carbocycles. The molecule has 0 amide bonds. The lowest BCUT2D eigenvalue weighted by Crippen LogP contribution is -2.13. The van der Waals surface area contributed by atoms with Crippen LogP contribution in [0, 0.1) is 11.8 Å². The molecule has 0 aliphatic heterocycles. The quantitative estimate of drug-likeness (QED) is 0.733. The molecule has 0 bridgehead atoms. The molecule has 0 spiro atoms. The van der Waals surface area contributed by atoms with Gasteiger partial charge in [0, 0.05) is 0 Å². The van der Waals surface area contributed by atoms with Crippen molar-refractivity contribution in [3.05, 3.63) is 35.4 Å². The highest BCUT2D eigenvalue weighted by Gasteiger charge is 2.19. The third kappa shape index (κ3) is 3.38. The van der Waals surface area contributed by atoms with Crippen molar-refractivity contribution in [2.24, 2.45) is 11.8 Å². The lowest BCUT2D eigenvalue weighted by molar-refractivity contribution is 0.312. The summed E-state index contributed by atoms with van der Waals surface area (Å²) in [6.45, 7) is 4.70. The molecule has 0 N–H and O–H groups in total. The summed E-state index contributed by atoms with van der Waals surface area (Å²) in [5.41, 5.74) is 2.87. The minimum atomic E-state index is 0.836. The summed E-state index contributed by atoms with van der Waals surface area (Å²) in [7, 11) is 1.72. The van der Waals surface area contributed by atoms with Crippen molar-refractivity contribution >= 4 is 6.08 Å². The Morgan fingerprint density at radius 1 is 1.22 bits per heavy atom. The lowest BCUT2D eigenvalue weighted by Gasteiger charge is -2.27. The standard InChI is InChI=1S/C17H24O/c1-13(2)16-9-7-14(8-10-16)11-15-5-4-6-17(12-15)18-3/h4-6,11-13,16H,7-10H2,1-3H3. The second-order valence-electron chi connectivity index (χ2n) is 5.66. The molecule has 0 atom stereocenters. The van der Waals surface area contributed by atoms with E-state index in [0.29, 0.717) is 0 Å². The molecule has 1 aromatic rings. The van der Waals surface area contributed by atoms with Crippen molar-refractivity contribution in [2.45, 2.75) is 39.5 Å². The van der Waals surface area contributed by atoms with Crippen LogP contribution in [0.4, 0.5) is 0 Å². The predicted molar refractivity (Wildman–Crippen MR) is 77.8 cm³/mol. The maximum Gasteiger partial charge on any atom is 0.119 e. The summed E-state index contributed by atoms with van der Waals surface area (Å²) in [5.74, 6) is 2.70. The highest BCUT2D eigenvalue weighted by molar-refractivity contribution is 5.55. The zero-order chi connectivity index (χ0) is 13.0. The van der Waals surface area contributed by atoms with E-state index in [1.807, 2.05) is 6.07 Å². The van der Waals surface area contributed by atoms with Crippen LogP contribution in [-0.2, 0) is 0 Å². The van der Waals surface area contributed by atoms with Crippen LogP contribution < -0.4 is 4.74 Å².